The molecule has 1 heterocycles. The van der Waals surface area contributed by atoms with E-state index in [0.29, 0.717) is 27.8 Å². The van der Waals surface area contributed by atoms with Crippen molar-refractivity contribution in [1.82, 2.24) is 4.90 Å². The first-order valence-electron chi connectivity index (χ1n) is 10.4. The molecule has 33 heavy (non-hydrogen) atoms. The molecule has 0 aliphatic carbocycles. The zero-order valence-electron chi connectivity index (χ0n) is 18.8. The van der Waals surface area contributed by atoms with Gasteiger partial charge in [0.2, 0.25) is 5.91 Å². The Bertz CT molecular complexity index is 1100. The molecule has 2 aromatic carbocycles. The molecule has 3 rings (SSSR count). The van der Waals surface area contributed by atoms with Gasteiger partial charge in [0.25, 0.3) is 11.1 Å². The van der Waals surface area contributed by atoms with Crippen LogP contribution in [0.15, 0.2) is 41.3 Å². The van der Waals surface area contributed by atoms with E-state index in [9.17, 15) is 14.4 Å². The lowest BCUT2D eigenvalue weighted by atomic mass is 10.1. The first-order chi connectivity index (χ1) is 15.7. The maximum atomic E-state index is 12.8. The normalized spacial score (nSPS) is 15.7. The van der Waals surface area contributed by atoms with Gasteiger partial charge >= 0.3 is 0 Å². The summed E-state index contributed by atoms with van der Waals surface area (Å²) in [6.45, 7) is 5.49. The van der Waals surface area contributed by atoms with Crippen molar-refractivity contribution in [3.8, 4) is 11.5 Å². The average Bonchev–Trinajstić information content (AvgIpc) is 3.04. The van der Waals surface area contributed by atoms with Crippen LogP contribution >= 0.6 is 23.4 Å². The highest BCUT2D eigenvalue weighted by atomic mass is 35.5. The minimum Gasteiger partial charge on any atom is -0.493 e. The molecule has 9 heteroatoms. The summed E-state index contributed by atoms with van der Waals surface area (Å²) in [6, 6.07) is 10.6. The number of amides is 3. The number of ether oxygens (including phenoxy) is 2. The van der Waals surface area contributed by atoms with Crippen LogP contribution in [0.4, 0.5) is 10.5 Å². The van der Waals surface area contributed by atoms with Gasteiger partial charge in [-0.2, -0.15) is 0 Å². The topological polar surface area (TPSA) is 84.9 Å². The van der Waals surface area contributed by atoms with Gasteiger partial charge in [0.05, 0.1) is 23.1 Å². The number of anilines is 1. The molecule has 1 atom stereocenters. The van der Waals surface area contributed by atoms with E-state index >= 15 is 0 Å². The van der Waals surface area contributed by atoms with Gasteiger partial charge in [0.15, 0.2) is 11.5 Å². The van der Waals surface area contributed by atoms with Crippen LogP contribution in [-0.4, -0.2) is 41.7 Å². The molecule has 0 bridgehead atoms. The lowest BCUT2D eigenvalue weighted by Gasteiger charge is -2.17. The number of hydrogen-bond donors (Lipinski definition) is 1. The summed E-state index contributed by atoms with van der Waals surface area (Å²) in [4.78, 5) is 38.6. The Morgan fingerprint density at radius 2 is 1.94 bits per heavy atom. The van der Waals surface area contributed by atoms with E-state index in [4.69, 9.17) is 21.1 Å². The van der Waals surface area contributed by atoms with Gasteiger partial charge in [-0.3, -0.25) is 19.3 Å². The Morgan fingerprint density at radius 1 is 1.24 bits per heavy atom. The number of hydrogen-bond acceptors (Lipinski definition) is 6. The first-order valence-corrected chi connectivity index (χ1v) is 11.6. The number of imide groups is 1. The van der Waals surface area contributed by atoms with Crippen LogP contribution in [0.1, 0.15) is 31.4 Å². The van der Waals surface area contributed by atoms with Gasteiger partial charge in [-0.1, -0.05) is 36.2 Å². The number of carbonyl (C=O) groups excluding carboxylic acids is 3. The van der Waals surface area contributed by atoms with E-state index in [2.05, 4.69) is 5.32 Å². The summed E-state index contributed by atoms with van der Waals surface area (Å²) in [7, 11) is 1.50. The van der Waals surface area contributed by atoms with E-state index in [1.807, 2.05) is 32.9 Å². The number of nitrogens with one attached hydrogen (secondary N) is 1. The number of methoxy groups -OCH3 is 1. The smallest absolute Gasteiger partial charge is 0.294 e. The molecule has 0 unspecified atom stereocenters. The number of halogens is 1. The monoisotopic (exact) mass is 488 g/mol. The maximum Gasteiger partial charge on any atom is 0.294 e. The van der Waals surface area contributed by atoms with Crippen molar-refractivity contribution in [1.29, 1.82) is 0 Å². The molecule has 0 saturated carbocycles. The zero-order valence-corrected chi connectivity index (χ0v) is 20.4. The van der Waals surface area contributed by atoms with E-state index in [1.165, 1.54) is 7.11 Å². The fraction of sp³-hybridized carbons (Fsp3) is 0.292. The van der Waals surface area contributed by atoms with Gasteiger partial charge in [0.1, 0.15) is 6.54 Å². The van der Waals surface area contributed by atoms with Gasteiger partial charge < -0.3 is 14.8 Å². The lowest BCUT2D eigenvalue weighted by molar-refractivity contribution is -0.127. The number of carbonyl (C=O) groups is 3. The largest absolute Gasteiger partial charge is 0.493 e. The fourth-order valence-corrected chi connectivity index (χ4v) is 4.09. The minimum absolute atomic E-state index is 0.0511. The molecule has 2 aromatic rings. The zero-order chi connectivity index (χ0) is 24.1. The van der Waals surface area contributed by atoms with Crippen molar-refractivity contribution in [2.45, 2.75) is 33.3 Å². The van der Waals surface area contributed by atoms with Crippen LogP contribution in [0.2, 0.25) is 5.02 Å². The molecular formula is C24H25ClN2O5S. The number of benzene rings is 2. The van der Waals surface area contributed by atoms with Gasteiger partial charge in [0, 0.05) is 5.69 Å². The predicted molar refractivity (Wildman–Crippen MR) is 131 cm³/mol. The number of thioether (sulfide) groups is 1. The molecule has 1 saturated heterocycles. The Balaban J connectivity index is 1.75. The van der Waals surface area contributed by atoms with Crippen LogP contribution in [0.3, 0.4) is 0 Å². The molecule has 0 radical (unpaired) electrons. The van der Waals surface area contributed by atoms with Crippen LogP contribution in [0.25, 0.3) is 6.08 Å². The Morgan fingerprint density at radius 3 is 2.58 bits per heavy atom. The average molecular weight is 489 g/mol. The van der Waals surface area contributed by atoms with Crippen LogP contribution in [-0.2, 0) is 9.59 Å². The summed E-state index contributed by atoms with van der Waals surface area (Å²) in [6.07, 6.45) is 2.29. The highest BCUT2D eigenvalue weighted by Gasteiger charge is 2.36. The number of nitrogens with zero attached hydrogens (tertiary/aromatic N) is 1. The number of rotatable bonds is 8. The van der Waals surface area contributed by atoms with Crippen LogP contribution in [0, 0.1) is 6.92 Å². The Labute approximate surface area is 202 Å². The maximum absolute atomic E-state index is 12.8. The second kappa shape index (κ2) is 10.8. The fourth-order valence-electron chi connectivity index (χ4n) is 2.99. The summed E-state index contributed by atoms with van der Waals surface area (Å²) >= 11 is 7.16. The van der Waals surface area contributed by atoms with Crippen molar-refractivity contribution in [2.75, 3.05) is 19.0 Å². The van der Waals surface area contributed by atoms with Crippen molar-refractivity contribution in [3.63, 3.8) is 0 Å². The third-order valence-electron chi connectivity index (χ3n) is 4.95. The lowest BCUT2D eigenvalue weighted by Crippen LogP contribution is -2.36. The molecule has 1 aliphatic heterocycles. The summed E-state index contributed by atoms with van der Waals surface area (Å²) in [5.74, 6) is -0.157. The molecule has 174 valence electrons. The molecule has 1 N–H and O–H groups in total. The van der Waals surface area contributed by atoms with E-state index in [0.717, 1.165) is 28.6 Å². The van der Waals surface area contributed by atoms with Crippen molar-refractivity contribution in [2.24, 2.45) is 0 Å². The van der Waals surface area contributed by atoms with Crippen molar-refractivity contribution < 1.29 is 23.9 Å². The molecule has 7 nitrogen and oxygen atoms in total. The second-order valence-electron chi connectivity index (χ2n) is 7.55. The molecule has 0 aromatic heterocycles. The standard InChI is InChI=1S/C24H25ClN2O5S/c1-5-15(3)32-22-18(25)10-16(11-19(22)31-4)12-20-23(29)27(24(30)33-20)13-21(28)26-17-8-6-14(2)7-9-17/h6-12,15H,5,13H2,1-4H3,(H,26,28)/b20-12-/t15-/m1/s1. The third-order valence-corrected chi connectivity index (χ3v) is 6.14. The summed E-state index contributed by atoms with van der Waals surface area (Å²) < 4.78 is 11.2. The van der Waals surface area contributed by atoms with Crippen LogP contribution < -0.4 is 14.8 Å². The van der Waals surface area contributed by atoms with E-state index < -0.39 is 17.1 Å². The quantitative estimate of drug-likeness (QED) is 0.493. The van der Waals surface area contributed by atoms with Crippen molar-refractivity contribution >= 4 is 52.2 Å². The first kappa shape index (κ1) is 24.7. The molecule has 1 aliphatic rings. The highest BCUT2D eigenvalue weighted by molar-refractivity contribution is 8.18. The summed E-state index contributed by atoms with van der Waals surface area (Å²) in [5, 5.41) is 2.51. The molecule has 0 spiro atoms. The van der Waals surface area contributed by atoms with E-state index in [1.54, 1.807) is 30.3 Å². The highest BCUT2D eigenvalue weighted by Crippen LogP contribution is 2.39. The van der Waals surface area contributed by atoms with Gasteiger partial charge in [-0.05, 0) is 67.9 Å². The van der Waals surface area contributed by atoms with Crippen LogP contribution in [0.5, 0.6) is 11.5 Å². The van der Waals surface area contributed by atoms with Gasteiger partial charge in [-0.25, -0.2) is 0 Å². The molecule has 3 amide bonds. The SMILES string of the molecule is CC[C@@H](C)Oc1c(Cl)cc(/C=C2\SC(=O)N(CC(=O)Nc3ccc(C)cc3)C2=O)cc1OC. The molecule has 1 fully saturated rings. The Kier molecular flexibility index (Phi) is 8.05. The van der Waals surface area contributed by atoms with Gasteiger partial charge in [-0.15, -0.1) is 0 Å². The summed E-state index contributed by atoms with van der Waals surface area (Å²) in [5.41, 5.74) is 2.22. The van der Waals surface area contributed by atoms with E-state index in [-0.39, 0.29) is 17.6 Å². The third kappa shape index (κ3) is 6.09. The predicted octanol–water partition coefficient (Wildman–Crippen LogP) is 5.51. The number of aryl methyl sites for hydroxylation is 1. The van der Waals surface area contributed by atoms with Crippen molar-refractivity contribution in [3.05, 3.63) is 57.5 Å². The Hall–Kier alpha value is -2.97. The molecular weight excluding hydrogens is 464 g/mol. The second-order valence-corrected chi connectivity index (χ2v) is 8.95. The minimum atomic E-state index is -0.543.